The first-order valence-corrected chi connectivity index (χ1v) is 8.15. The minimum Gasteiger partial charge on any atom is -0.494 e. The minimum absolute atomic E-state index is 0.0952. The normalized spacial score (nSPS) is 11.0. The van der Waals surface area contributed by atoms with Crippen LogP contribution in [0.15, 0.2) is 54.6 Å². The van der Waals surface area contributed by atoms with Crippen molar-refractivity contribution in [1.82, 2.24) is 0 Å². The molecule has 2 aromatic carbocycles. The molecule has 0 spiro atoms. The number of nitro benzene ring substituents is 1. The molecule has 0 bridgehead atoms. The van der Waals surface area contributed by atoms with Crippen LogP contribution in [0.25, 0.3) is 6.08 Å². The molecule has 130 valence electrons. The largest absolute Gasteiger partial charge is 0.494 e. The van der Waals surface area contributed by atoms with Crippen LogP contribution >= 0.6 is 0 Å². The Hall–Kier alpha value is -2.95. The number of nitro groups is 1. The Morgan fingerprint density at radius 3 is 2.56 bits per heavy atom. The van der Waals surface area contributed by atoms with Crippen molar-refractivity contribution in [2.24, 2.45) is 5.92 Å². The van der Waals surface area contributed by atoms with Gasteiger partial charge < -0.3 is 4.74 Å². The predicted molar refractivity (Wildman–Crippen MR) is 97.9 cm³/mol. The van der Waals surface area contributed by atoms with E-state index >= 15 is 0 Å². The number of allylic oxidation sites excluding steroid dienone is 1. The van der Waals surface area contributed by atoms with Gasteiger partial charge in [-0.3, -0.25) is 14.9 Å². The average molecular weight is 339 g/mol. The van der Waals surface area contributed by atoms with E-state index in [0.29, 0.717) is 18.1 Å². The molecule has 25 heavy (non-hydrogen) atoms. The van der Waals surface area contributed by atoms with E-state index in [1.807, 2.05) is 24.3 Å². The Labute approximate surface area is 147 Å². The molecule has 5 heteroatoms. The molecule has 0 heterocycles. The number of nitrogens with zero attached hydrogens (tertiary/aromatic N) is 1. The van der Waals surface area contributed by atoms with Gasteiger partial charge in [-0.25, -0.2) is 0 Å². The lowest BCUT2D eigenvalue weighted by Crippen LogP contribution is -2.01. The molecule has 0 saturated carbocycles. The van der Waals surface area contributed by atoms with Crippen molar-refractivity contribution in [3.63, 3.8) is 0 Å². The molecule has 0 aromatic heterocycles. The summed E-state index contributed by atoms with van der Waals surface area (Å²) in [7, 11) is 0. The highest BCUT2D eigenvalue weighted by molar-refractivity contribution is 6.07. The van der Waals surface area contributed by atoms with Crippen molar-refractivity contribution in [1.29, 1.82) is 0 Å². The van der Waals surface area contributed by atoms with E-state index < -0.39 is 4.92 Å². The Balaban J connectivity index is 1.98. The second kappa shape index (κ2) is 8.78. The quantitative estimate of drug-likeness (QED) is 0.296. The van der Waals surface area contributed by atoms with Gasteiger partial charge in [-0.15, -0.1) is 0 Å². The third-order valence-corrected chi connectivity index (χ3v) is 3.61. The lowest BCUT2D eigenvalue weighted by Gasteiger charge is -2.08. The summed E-state index contributed by atoms with van der Waals surface area (Å²) in [6.07, 6.45) is 4.09. The monoisotopic (exact) mass is 339 g/mol. The molecule has 0 atom stereocenters. The van der Waals surface area contributed by atoms with Gasteiger partial charge in [0.1, 0.15) is 5.75 Å². The summed E-state index contributed by atoms with van der Waals surface area (Å²) >= 11 is 0. The van der Waals surface area contributed by atoms with Crippen molar-refractivity contribution in [2.75, 3.05) is 6.61 Å². The van der Waals surface area contributed by atoms with Crippen molar-refractivity contribution >= 4 is 17.5 Å². The van der Waals surface area contributed by atoms with Crippen LogP contribution in [0, 0.1) is 16.0 Å². The van der Waals surface area contributed by atoms with Crippen molar-refractivity contribution in [2.45, 2.75) is 20.3 Å². The molecule has 0 aliphatic carbocycles. The lowest BCUT2D eigenvalue weighted by atomic mass is 10.1. The van der Waals surface area contributed by atoms with E-state index in [2.05, 4.69) is 13.8 Å². The number of carbonyl (C=O) groups excluding carboxylic acids is 1. The number of non-ortho nitro benzene ring substituents is 1. The van der Waals surface area contributed by atoms with Crippen LogP contribution in [0.1, 0.15) is 36.2 Å². The van der Waals surface area contributed by atoms with Gasteiger partial charge >= 0.3 is 0 Å². The number of benzene rings is 2. The Morgan fingerprint density at radius 1 is 1.20 bits per heavy atom. The van der Waals surface area contributed by atoms with E-state index in [0.717, 1.165) is 17.7 Å². The number of ether oxygens (including phenoxy) is 1. The third kappa shape index (κ3) is 5.88. The molecule has 0 amide bonds. The summed E-state index contributed by atoms with van der Waals surface area (Å²) in [5.74, 6) is 1.12. The molecule has 0 aliphatic rings. The van der Waals surface area contributed by atoms with Crippen molar-refractivity contribution in [3.05, 3.63) is 75.8 Å². The summed E-state index contributed by atoms with van der Waals surface area (Å²) < 4.78 is 5.65. The van der Waals surface area contributed by atoms with Gasteiger partial charge in [-0.1, -0.05) is 44.2 Å². The number of hydrogen-bond donors (Lipinski definition) is 0. The molecule has 0 saturated heterocycles. The van der Waals surface area contributed by atoms with E-state index in [1.54, 1.807) is 12.1 Å². The molecule has 5 nitrogen and oxygen atoms in total. The SMILES string of the molecule is CC(C)CCOc1ccc(C=CC(=O)c2cccc([N+](=O)[O-])c2)cc1. The molecule has 2 aromatic rings. The zero-order chi connectivity index (χ0) is 18.2. The maximum absolute atomic E-state index is 12.1. The minimum atomic E-state index is -0.515. The number of ketones is 1. The zero-order valence-corrected chi connectivity index (χ0v) is 14.3. The van der Waals surface area contributed by atoms with Crippen LogP contribution in [0.5, 0.6) is 5.75 Å². The van der Waals surface area contributed by atoms with Gasteiger partial charge in [0, 0.05) is 17.7 Å². The second-order valence-corrected chi connectivity index (χ2v) is 6.11. The second-order valence-electron chi connectivity index (χ2n) is 6.11. The summed E-state index contributed by atoms with van der Waals surface area (Å²) in [4.78, 5) is 22.4. The highest BCUT2D eigenvalue weighted by Crippen LogP contribution is 2.16. The fourth-order valence-corrected chi connectivity index (χ4v) is 2.13. The fraction of sp³-hybridized carbons (Fsp3) is 0.250. The van der Waals surface area contributed by atoms with Crippen LogP contribution in [0.2, 0.25) is 0 Å². The van der Waals surface area contributed by atoms with Crippen LogP contribution < -0.4 is 4.74 Å². The third-order valence-electron chi connectivity index (χ3n) is 3.61. The smallest absolute Gasteiger partial charge is 0.270 e. The lowest BCUT2D eigenvalue weighted by molar-refractivity contribution is -0.384. The van der Waals surface area contributed by atoms with E-state index in [-0.39, 0.29) is 11.5 Å². The number of carbonyl (C=O) groups is 1. The Bertz CT molecular complexity index is 764. The van der Waals surface area contributed by atoms with E-state index in [1.165, 1.54) is 24.3 Å². The standard InChI is InChI=1S/C20H21NO4/c1-15(2)12-13-25-19-9-6-16(7-10-19)8-11-20(22)17-4-3-5-18(14-17)21(23)24/h3-11,14-15H,12-13H2,1-2H3. The first-order valence-electron chi connectivity index (χ1n) is 8.15. The Morgan fingerprint density at radius 2 is 1.92 bits per heavy atom. The fourth-order valence-electron chi connectivity index (χ4n) is 2.13. The van der Waals surface area contributed by atoms with Gasteiger partial charge in [0.15, 0.2) is 5.78 Å². The molecule has 0 N–H and O–H groups in total. The molecular formula is C20H21NO4. The van der Waals surface area contributed by atoms with Crippen molar-refractivity contribution < 1.29 is 14.5 Å². The molecular weight excluding hydrogens is 318 g/mol. The van der Waals surface area contributed by atoms with Crippen LogP contribution in [0.4, 0.5) is 5.69 Å². The molecule has 0 unspecified atom stereocenters. The average Bonchev–Trinajstić information content (AvgIpc) is 2.60. The van der Waals surface area contributed by atoms with E-state index in [4.69, 9.17) is 4.74 Å². The van der Waals surface area contributed by atoms with Gasteiger partial charge in [0.2, 0.25) is 0 Å². The van der Waals surface area contributed by atoms with Gasteiger partial charge in [-0.2, -0.15) is 0 Å². The summed E-state index contributed by atoms with van der Waals surface area (Å²) in [5, 5.41) is 10.8. The van der Waals surface area contributed by atoms with E-state index in [9.17, 15) is 14.9 Å². The van der Waals surface area contributed by atoms with Gasteiger partial charge in [0.25, 0.3) is 5.69 Å². The summed E-state index contributed by atoms with van der Waals surface area (Å²) in [6, 6.07) is 13.1. The van der Waals surface area contributed by atoms with Gasteiger partial charge in [-0.05, 0) is 36.1 Å². The Kier molecular flexibility index (Phi) is 6.46. The van der Waals surface area contributed by atoms with Crippen LogP contribution in [-0.2, 0) is 0 Å². The van der Waals surface area contributed by atoms with Gasteiger partial charge in [0.05, 0.1) is 11.5 Å². The molecule has 0 radical (unpaired) electrons. The first-order chi connectivity index (χ1) is 12.0. The maximum atomic E-state index is 12.1. The molecule has 0 fully saturated rings. The number of hydrogen-bond acceptors (Lipinski definition) is 4. The maximum Gasteiger partial charge on any atom is 0.270 e. The first kappa shape index (κ1) is 18.4. The summed E-state index contributed by atoms with van der Waals surface area (Å²) in [6.45, 7) is 4.98. The summed E-state index contributed by atoms with van der Waals surface area (Å²) in [5.41, 5.74) is 1.05. The highest BCUT2D eigenvalue weighted by atomic mass is 16.6. The molecule has 2 rings (SSSR count). The molecule has 0 aliphatic heterocycles. The predicted octanol–water partition coefficient (Wildman–Crippen LogP) is 4.92. The highest BCUT2D eigenvalue weighted by Gasteiger charge is 2.09. The van der Waals surface area contributed by atoms with Crippen molar-refractivity contribution in [3.8, 4) is 5.75 Å². The van der Waals surface area contributed by atoms with Crippen LogP contribution in [-0.4, -0.2) is 17.3 Å². The topological polar surface area (TPSA) is 69.4 Å². The number of rotatable bonds is 8. The van der Waals surface area contributed by atoms with Crippen LogP contribution in [0.3, 0.4) is 0 Å². The zero-order valence-electron chi connectivity index (χ0n) is 14.3.